The fourth-order valence-electron chi connectivity index (χ4n) is 3.12. The summed E-state index contributed by atoms with van der Waals surface area (Å²) in [5.41, 5.74) is 4.29. The van der Waals surface area contributed by atoms with Crippen LogP contribution in [0.2, 0.25) is 0 Å². The van der Waals surface area contributed by atoms with Gasteiger partial charge in [-0.15, -0.1) is 0 Å². The molecular weight excluding hydrogens is 384 g/mol. The third kappa shape index (κ3) is 3.59. The third-order valence-electron chi connectivity index (χ3n) is 4.51. The second-order valence-corrected chi connectivity index (χ2v) is 6.60. The van der Waals surface area contributed by atoms with Gasteiger partial charge in [0.25, 0.3) is 0 Å². The Hall–Kier alpha value is -3.26. The second-order valence-electron chi connectivity index (χ2n) is 6.28. The van der Waals surface area contributed by atoms with Crippen LogP contribution in [-0.4, -0.2) is 46.6 Å². The number of hydrogen-bond donors (Lipinski definition) is 2. The van der Waals surface area contributed by atoms with Gasteiger partial charge in [0.1, 0.15) is 12.4 Å². The van der Waals surface area contributed by atoms with E-state index in [4.69, 9.17) is 16.3 Å². The van der Waals surface area contributed by atoms with Crippen molar-refractivity contribution >= 4 is 40.0 Å². The summed E-state index contributed by atoms with van der Waals surface area (Å²) in [4.78, 5) is 31.8. The predicted octanol–water partition coefficient (Wildman–Crippen LogP) is 3.96. The van der Waals surface area contributed by atoms with Crippen molar-refractivity contribution in [3.63, 3.8) is 0 Å². The standard InChI is InChI=1S/C19H17ClN4O4/c1-27-19(26)23-18-21-14-4-2-12(9-15(14)22-18)11-3-5-16-13(8-11)10-24(17(20)25)6-7-28-16/h2-5,8-9H,6-7,10H2,1H3,(H2,21,22,23,26). The van der Waals surface area contributed by atoms with E-state index in [0.717, 1.165) is 28.0 Å². The fourth-order valence-corrected chi connectivity index (χ4v) is 3.26. The van der Waals surface area contributed by atoms with Gasteiger partial charge >= 0.3 is 11.5 Å². The number of nitrogens with one attached hydrogen (secondary N) is 2. The normalized spacial score (nSPS) is 13.4. The summed E-state index contributed by atoms with van der Waals surface area (Å²) < 4.78 is 10.3. The molecule has 2 N–H and O–H groups in total. The van der Waals surface area contributed by atoms with E-state index in [1.54, 1.807) is 4.90 Å². The van der Waals surface area contributed by atoms with Crippen molar-refractivity contribution in [3.05, 3.63) is 42.0 Å². The van der Waals surface area contributed by atoms with Crippen molar-refractivity contribution in [1.29, 1.82) is 0 Å². The number of hydrogen-bond acceptors (Lipinski definition) is 5. The lowest BCUT2D eigenvalue weighted by Gasteiger charge is -2.16. The van der Waals surface area contributed by atoms with E-state index in [-0.39, 0.29) is 0 Å². The molecule has 0 saturated heterocycles. The Bertz CT molecular complexity index is 1070. The van der Waals surface area contributed by atoms with E-state index in [9.17, 15) is 9.59 Å². The molecule has 28 heavy (non-hydrogen) atoms. The molecule has 1 aliphatic rings. The number of rotatable bonds is 2. The molecule has 3 aromatic rings. The summed E-state index contributed by atoms with van der Waals surface area (Å²) in [5.74, 6) is 1.06. The quantitative estimate of drug-likeness (QED) is 0.501. The monoisotopic (exact) mass is 400 g/mol. The topological polar surface area (TPSA) is 96.6 Å². The number of methoxy groups -OCH3 is 1. The highest BCUT2D eigenvalue weighted by atomic mass is 35.5. The van der Waals surface area contributed by atoms with Gasteiger partial charge in [0.05, 0.1) is 31.2 Å². The number of aromatic nitrogens is 2. The van der Waals surface area contributed by atoms with Crippen molar-refractivity contribution in [2.24, 2.45) is 0 Å². The maximum Gasteiger partial charge on any atom is 0.413 e. The lowest BCUT2D eigenvalue weighted by atomic mass is 10.0. The maximum atomic E-state index is 11.5. The first kappa shape index (κ1) is 18.1. The van der Waals surface area contributed by atoms with Crippen molar-refractivity contribution < 1.29 is 19.1 Å². The number of nitrogens with zero attached hydrogens (tertiary/aromatic N) is 2. The first-order valence-corrected chi connectivity index (χ1v) is 8.96. The molecule has 0 radical (unpaired) electrons. The van der Waals surface area contributed by atoms with Crippen molar-refractivity contribution in [2.75, 3.05) is 25.6 Å². The van der Waals surface area contributed by atoms with Gasteiger partial charge < -0.3 is 19.4 Å². The number of benzene rings is 2. The van der Waals surface area contributed by atoms with Crippen LogP contribution in [0.1, 0.15) is 5.56 Å². The number of anilines is 1. The molecule has 1 aliphatic heterocycles. The number of carbonyl (C=O) groups excluding carboxylic acids is 2. The third-order valence-corrected chi connectivity index (χ3v) is 4.75. The molecule has 2 aromatic carbocycles. The Morgan fingerprint density at radius 3 is 2.82 bits per heavy atom. The molecule has 0 spiro atoms. The van der Waals surface area contributed by atoms with Crippen LogP contribution in [-0.2, 0) is 11.3 Å². The largest absolute Gasteiger partial charge is 0.491 e. The van der Waals surface area contributed by atoms with E-state index >= 15 is 0 Å². The van der Waals surface area contributed by atoms with Crippen LogP contribution < -0.4 is 10.1 Å². The molecule has 4 rings (SSSR count). The van der Waals surface area contributed by atoms with Crippen LogP contribution in [0.3, 0.4) is 0 Å². The predicted molar refractivity (Wildman–Crippen MR) is 105 cm³/mol. The number of H-pyrrole nitrogens is 1. The SMILES string of the molecule is COC(=O)Nc1nc2ccc(-c3ccc4c(c3)CN(C(=O)Cl)CCO4)cc2[nH]1. The number of ether oxygens (including phenoxy) is 2. The van der Waals surface area contributed by atoms with Gasteiger partial charge in [0, 0.05) is 5.56 Å². The lowest BCUT2D eigenvalue weighted by Crippen LogP contribution is -2.27. The molecule has 144 valence electrons. The van der Waals surface area contributed by atoms with E-state index in [1.165, 1.54) is 7.11 Å². The zero-order chi connectivity index (χ0) is 19.7. The van der Waals surface area contributed by atoms with Gasteiger partial charge in [-0.2, -0.15) is 0 Å². The molecule has 2 amide bonds. The van der Waals surface area contributed by atoms with Gasteiger partial charge in [-0.25, -0.2) is 9.78 Å². The number of carbonyl (C=O) groups is 2. The number of imidazole rings is 1. The van der Waals surface area contributed by atoms with E-state index in [1.807, 2.05) is 36.4 Å². The summed E-state index contributed by atoms with van der Waals surface area (Å²) in [7, 11) is 1.29. The fraction of sp³-hybridized carbons (Fsp3) is 0.211. The Morgan fingerprint density at radius 1 is 1.25 bits per heavy atom. The molecule has 2 heterocycles. The smallest absolute Gasteiger partial charge is 0.413 e. The minimum atomic E-state index is -0.594. The first-order valence-electron chi connectivity index (χ1n) is 8.59. The second kappa shape index (κ2) is 7.40. The molecule has 0 bridgehead atoms. The van der Waals surface area contributed by atoms with Crippen LogP contribution in [0.5, 0.6) is 5.75 Å². The highest BCUT2D eigenvalue weighted by molar-refractivity contribution is 6.62. The van der Waals surface area contributed by atoms with Crippen LogP contribution in [0.4, 0.5) is 15.5 Å². The molecule has 0 atom stereocenters. The van der Waals surface area contributed by atoms with Crippen molar-refractivity contribution in [1.82, 2.24) is 14.9 Å². The molecule has 0 fully saturated rings. The lowest BCUT2D eigenvalue weighted by molar-refractivity contribution is 0.186. The van der Waals surface area contributed by atoms with E-state index < -0.39 is 11.5 Å². The summed E-state index contributed by atoms with van der Waals surface area (Å²) in [5, 5.41) is 2.02. The highest BCUT2D eigenvalue weighted by Gasteiger charge is 2.19. The van der Waals surface area contributed by atoms with E-state index in [2.05, 4.69) is 20.0 Å². The zero-order valence-electron chi connectivity index (χ0n) is 15.0. The molecule has 0 saturated carbocycles. The Morgan fingerprint density at radius 2 is 2.04 bits per heavy atom. The molecule has 9 heteroatoms. The number of aromatic amines is 1. The average molecular weight is 401 g/mol. The average Bonchev–Trinajstić information content (AvgIpc) is 2.95. The van der Waals surface area contributed by atoms with Gasteiger partial charge in [-0.05, 0) is 47.0 Å². The molecule has 0 unspecified atom stereocenters. The summed E-state index contributed by atoms with van der Waals surface area (Å²) in [6.45, 7) is 1.24. The number of fused-ring (bicyclic) bond motifs is 2. The minimum Gasteiger partial charge on any atom is -0.491 e. The van der Waals surface area contributed by atoms with E-state index in [0.29, 0.717) is 31.2 Å². The van der Waals surface area contributed by atoms with Gasteiger partial charge in [0.2, 0.25) is 5.95 Å². The van der Waals surface area contributed by atoms with Crippen LogP contribution in [0, 0.1) is 0 Å². The number of amides is 2. The van der Waals surface area contributed by atoms with Gasteiger partial charge in [0.15, 0.2) is 0 Å². The van der Waals surface area contributed by atoms with Crippen molar-refractivity contribution in [2.45, 2.75) is 6.54 Å². The maximum absolute atomic E-state index is 11.5. The Labute approximate surface area is 165 Å². The summed E-state index contributed by atoms with van der Waals surface area (Å²) >= 11 is 5.65. The summed E-state index contributed by atoms with van der Waals surface area (Å²) in [6.07, 6.45) is -0.594. The molecular formula is C19H17ClN4O4. The first-order chi connectivity index (χ1) is 13.5. The highest BCUT2D eigenvalue weighted by Crippen LogP contribution is 2.31. The summed E-state index contributed by atoms with van der Waals surface area (Å²) in [6, 6.07) is 11.6. The molecule has 1 aromatic heterocycles. The molecule has 8 nitrogen and oxygen atoms in total. The zero-order valence-corrected chi connectivity index (χ0v) is 15.7. The van der Waals surface area contributed by atoms with Gasteiger partial charge in [-0.1, -0.05) is 12.1 Å². The van der Waals surface area contributed by atoms with Gasteiger partial charge in [-0.3, -0.25) is 10.1 Å². The van der Waals surface area contributed by atoms with Crippen molar-refractivity contribution in [3.8, 4) is 16.9 Å². The van der Waals surface area contributed by atoms with Crippen LogP contribution >= 0.6 is 11.6 Å². The Balaban J connectivity index is 1.66. The van der Waals surface area contributed by atoms with Crippen LogP contribution in [0.15, 0.2) is 36.4 Å². The van der Waals surface area contributed by atoms with Crippen LogP contribution in [0.25, 0.3) is 22.2 Å². The Kier molecular flexibility index (Phi) is 4.79. The number of halogens is 1. The minimum absolute atomic E-state index is 0.311. The molecule has 0 aliphatic carbocycles.